The molecule has 1 aliphatic rings. The number of hydrogen-bond acceptors (Lipinski definition) is 5. The number of benzene rings is 2. The van der Waals surface area contributed by atoms with Crippen LogP contribution < -0.4 is 10.6 Å². The molecule has 3 rings (SSSR count). The van der Waals surface area contributed by atoms with Gasteiger partial charge in [0, 0.05) is 30.9 Å². The highest BCUT2D eigenvalue weighted by Crippen LogP contribution is 2.22. The van der Waals surface area contributed by atoms with Crippen LogP contribution in [-0.4, -0.2) is 43.4 Å². The number of alkyl carbamates (subject to hydrolysis) is 1. The van der Waals surface area contributed by atoms with Gasteiger partial charge in [-0.2, -0.15) is 4.31 Å². The van der Waals surface area contributed by atoms with Crippen molar-refractivity contribution in [2.45, 2.75) is 50.7 Å². The van der Waals surface area contributed by atoms with Crippen molar-refractivity contribution in [2.75, 3.05) is 18.4 Å². The molecule has 1 saturated heterocycles. The molecule has 0 spiro atoms. The van der Waals surface area contributed by atoms with Crippen LogP contribution in [0.25, 0.3) is 0 Å². The molecular weight excluding hydrogens is 430 g/mol. The minimum absolute atomic E-state index is 0.222. The normalized spacial score (nSPS) is 14.7. The molecule has 2 N–H and O–H groups in total. The monoisotopic (exact) mass is 459 g/mol. The molecule has 0 saturated carbocycles. The average Bonchev–Trinajstić information content (AvgIpc) is 3.28. The standard InChI is InChI=1S/C23H29N3O5S/c1-23(2,3)31-22(28)24-16-17-6-8-18(9-7-17)21(27)25-19-10-12-20(13-11-19)32(29,30)26-14-4-5-15-26/h6-13H,4-5,14-16H2,1-3H3,(H,24,28)(H,25,27). The first kappa shape index (κ1) is 23.7. The fraction of sp³-hybridized carbons (Fsp3) is 0.391. The van der Waals surface area contributed by atoms with Crippen LogP contribution in [0.3, 0.4) is 0 Å². The van der Waals surface area contributed by atoms with Gasteiger partial charge in [0.2, 0.25) is 10.0 Å². The van der Waals surface area contributed by atoms with Crippen LogP contribution in [-0.2, 0) is 21.3 Å². The number of carbonyl (C=O) groups excluding carboxylic acids is 2. The predicted molar refractivity (Wildman–Crippen MR) is 122 cm³/mol. The summed E-state index contributed by atoms with van der Waals surface area (Å²) in [7, 11) is -3.48. The molecule has 172 valence electrons. The van der Waals surface area contributed by atoms with Crippen molar-refractivity contribution in [2.24, 2.45) is 0 Å². The van der Waals surface area contributed by atoms with Crippen LogP contribution in [0.15, 0.2) is 53.4 Å². The van der Waals surface area contributed by atoms with Crippen LogP contribution in [0.5, 0.6) is 0 Å². The molecular formula is C23H29N3O5S. The largest absolute Gasteiger partial charge is 0.444 e. The molecule has 32 heavy (non-hydrogen) atoms. The molecule has 9 heteroatoms. The Kier molecular flexibility index (Phi) is 7.20. The second-order valence-corrected chi connectivity index (χ2v) is 10.6. The van der Waals surface area contributed by atoms with E-state index in [2.05, 4.69) is 10.6 Å². The van der Waals surface area contributed by atoms with E-state index in [1.54, 1.807) is 57.2 Å². The summed E-state index contributed by atoms with van der Waals surface area (Å²) in [6.07, 6.45) is 1.25. The first-order chi connectivity index (χ1) is 15.0. The Hall–Kier alpha value is -2.91. The summed E-state index contributed by atoms with van der Waals surface area (Å²) in [4.78, 5) is 24.5. The number of nitrogens with zero attached hydrogens (tertiary/aromatic N) is 1. The molecule has 2 amide bonds. The van der Waals surface area contributed by atoms with Crippen molar-refractivity contribution in [1.29, 1.82) is 0 Å². The first-order valence-corrected chi connectivity index (χ1v) is 12.0. The van der Waals surface area contributed by atoms with Crippen LogP contribution in [0.2, 0.25) is 0 Å². The first-order valence-electron chi connectivity index (χ1n) is 10.5. The molecule has 0 unspecified atom stereocenters. The number of ether oxygens (including phenoxy) is 1. The number of anilines is 1. The SMILES string of the molecule is CC(C)(C)OC(=O)NCc1ccc(C(=O)Nc2ccc(S(=O)(=O)N3CCCC3)cc2)cc1. The van der Waals surface area contributed by atoms with Crippen molar-refractivity contribution in [3.8, 4) is 0 Å². The van der Waals surface area contributed by atoms with Gasteiger partial charge in [-0.1, -0.05) is 12.1 Å². The number of nitrogens with one attached hydrogen (secondary N) is 2. The van der Waals surface area contributed by atoms with Gasteiger partial charge in [0.25, 0.3) is 5.91 Å². The van der Waals surface area contributed by atoms with Crippen molar-refractivity contribution < 1.29 is 22.7 Å². The van der Waals surface area contributed by atoms with Gasteiger partial charge in [0.15, 0.2) is 0 Å². The molecule has 0 aromatic heterocycles. The summed E-state index contributed by atoms with van der Waals surface area (Å²) in [5.74, 6) is -0.313. The van der Waals surface area contributed by atoms with Crippen molar-refractivity contribution in [3.05, 3.63) is 59.7 Å². The highest BCUT2D eigenvalue weighted by molar-refractivity contribution is 7.89. The fourth-order valence-corrected chi connectivity index (χ4v) is 4.77. The van der Waals surface area contributed by atoms with Crippen LogP contribution in [0.4, 0.5) is 10.5 Å². The third kappa shape index (κ3) is 6.30. The number of carbonyl (C=O) groups is 2. The van der Waals surface area contributed by atoms with Gasteiger partial charge in [-0.05, 0) is 75.6 Å². The van der Waals surface area contributed by atoms with Gasteiger partial charge < -0.3 is 15.4 Å². The lowest BCUT2D eigenvalue weighted by atomic mass is 10.1. The fourth-order valence-electron chi connectivity index (χ4n) is 3.25. The quantitative estimate of drug-likeness (QED) is 0.685. The van der Waals surface area contributed by atoms with Gasteiger partial charge >= 0.3 is 6.09 Å². The molecule has 2 aromatic rings. The number of sulfonamides is 1. The smallest absolute Gasteiger partial charge is 0.407 e. The zero-order valence-electron chi connectivity index (χ0n) is 18.6. The van der Waals surface area contributed by atoms with Gasteiger partial charge in [0.05, 0.1) is 4.90 Å². The van der Waals surface area contributed by atoms with Gasteiger partial charge in [-0.25, -0.2) is 13.2 Å². The van der Waals surface area contributed by atoms with E-state index in [4.69, 9.17) is 4.74 Å². The van der Waals surface area contributed by atoms with Gasteiger partial charge in [0.1, 0.15) is 5.60 Å². The lowest BCUT2D eigenvalue weighted by Crippen LogP contribution is -2.32. The lowest BCUT2D eigenvalue weighted by Gasteiger charge is -2.19. The summed E-state index contributed by atoms with van der Waals surface area (Å²) < 4.78 is 31.9. The summed E-state index contributed by atoms with van der Waals surface area (Å²) in [6, 6.07) is 13.0. The zero-order valence-corrected chi connectivity index (χ0v) is 19.4. The molecule has 1 aliphatic heterocycles. The molecule has 0 bridgehead atoms. The van der Waals surface area contributed by atoms with E-state index in [1.807, 2.05) is 0 Å². The third-order valence-electron chi connectivity index (χ3n) is 4.87. The van der Waals surface area contributed by atoms with Crippen LogP contribution >= 0.6 is 0 Å². The average molecular weight is 460 g/mol. The maximum atomic E-state index is 12.6. The Labute approximate surface area is 189 Å². The second-order valence-electron chi connectivity index (χ2n) is 8.64. The van der Waals surface area contributed by atoms with Crippen molar-refractivity contribution in [3.63, 3.8) is 0 Å². The number of amides is 2. The van der Waals surface area contributed by atoms with E-state index in [-0.39, 0.29) is 17.3 Å². The molecule has 0 aliphatic carbocycles. The maximum absolute atomic E-state index is 12.6. The Morgan fingerprint density at radius 3 is 2.12 bits per heavy atom. The molecule has 0 atom stereocenters. The Morgan fingerprint density at radius 2 is 1.56 bits per heavy atom. The Bertz CT molecular complexity index is 1050. The van der Waals surface area contributed by atoms with Gasteiger partial charge in [-0.3, -0.25) is 4.79 Å². The topological polar surface area (TPSA) is 105 Å². The van der Waals surface area contributed by atoms with Gasteiger partial charge in [-0.15, -0.1) is 0 Å². The zero-order chi connectivity index (χ0) is 23.4. The van der Waals surface area contributed by atoms with E-state index in [0.29, 0.717) is 24.3 Å². The molecule has 1 heterocycles. The minimum atomic E-state index is -3.48. The van der Waals surface area contributed by atoms with E-state index < -0.39 is 21.7 Å². The molecule has 1 fully saturated rings. The Balaban J connectivity index is 1.56. The highest BCUT2D eigenvalue weighted by atomic mass is 32.2. The van der Waals surface area contributed by atoms with E-state index in [1.165, 1.54) is 16.4 Å². The summed E-state index contributed by atoms with van der Waals surface area (Å²) >= 11 is 0. The lowest BCUT2D eigenvalue weighted by molar-refractivity contribution is 0.0523. The summed E-state index contributed by atoms with van der Waals surface area (Å²) in [6.45, 7) is 6.75. The summed E-state index contributed by atoms with van der Waals surface area (Å²) in [5, 5.41) is 5.43. The Morgan fingerprint density at radius 1 is 0.969 bits per heavy atom. The number of hydrogen-bond donors (Lipinski definition) is 2. The number of rotatable bonds is 6. The molecule has 8 nitrogen and oxygen atoms in total. The van der Waals surface area contributed by atoms with Crippen LogP contribution in [0.1, 0.15) is 49.5 Å². The van der Waals surface area contributed by atoms with E-state index >= 15 is 0 Å². The maximum Gasteiger partial charge on any atom is 0.407 e. The molecule has 2 aromatic carbocycles. The van der Waals surface area contributed by atoms with E-state index in [0.717, 1.165) is 18.4 Å². The van der Waals surface area contributed by atoms with Crippen molar-refractivity contribution >= 4 is 27.7 Å². The van der Waals surface area contributed by atoms with Crippen LogP contribution in [0, 0.1) is 0 Å². The minimum Gasteiger partial charge on any atom is -0.444 e. The predicted octanol–water partition coefficient (Wildman–Crippen LogP) is 3.75. The third-order valence-corrected chi connectivity index (χ3v) is 6.78. The van der Waals surface area contributed by atoms with E-state index in [9.17, 15) is 18.0 Å². The second kappa shape index (κ2) is 9.70. The summed E-state index contributed by atoms with van der Waals surface area (Å²) in [5.41, 5.74) is 1.21. The van der Waals surface area contributed by atoms with Crippen molar-refractivity contribution in [1.82, 2.24) is 9.62 Å². The molecule has 0 radical (unpaired) electrons. The highest BCUT2D eigenvalue weighted by Gasteiger charge is 2.27.